The molecule has 0 fully saturated rings. The minimum Gasteiger partial charge on any atom is -0.480 e. The van der Waals surface area contributed by atoms with Crippen LogP contribution in [0.15, 0.2) is 24.3 Å². The van der Waals surface area contributed by atoms with Gasteiger partial charge in [-0.15, -0.1) is 0 Å². The number of carboxylic acids is 1. The molecule has 0 aromatic heterocycles. The highest BCUT2D eigenvalue weighted by atomic mass is 16.5. The lowest BCUT2D eigenvalue weighted by Crippen LogP contribution is -2.54. The van der Waals surface area contributed by atoms with E-state index in [0.717, 1.165) is 11.1 Å². The molecular formula is C21H30N2O5. The molecule has 0 bridgehead atoms. The lowest BCUT2D eigenvalue weighted by molar-refractivity contribution is -0.150. The molecule has 0 aliphatic carbocycles. The average Bonchev–Trinajstić information content (AvgIpc) is 2.67. The molecule has 1 aromatic rings. The van der Waals surface area contributed by atoms with Gasteiger partial charge in [0, 0.05) is 26.1 Å². The molecule has 1 aliphatic rings. The molecule has 28 heavy (non-hydrogen) atoms. The van der Waals surface area contributed by atoms with Gasteiger partial charge in [-0.25, -0.2) is 9.59 Å². The number of benzene rings is 1. The van der Waals surface area contributed by atoms with Gasteiger partial charge in [0.05, 0.1) is 12.5 Å². The summed E-state index contributed by atoms with van der Waals surface area (Å²) < 4.78 is 5.16. The van der Waals surface area contributed by atoms with Crippen LogP contribution in [0.25, 0.3) is 0 Å². The van der Waals surface area contributed by atoms with E-state index < -0.39 is 17.9 Å². The molecule has 0 radical (unpaired) electrons. The number of carbonyl (C=O) groups excluding carboxylic acids is 2. The van der Waals surface area contributed by atoms with E-state index in [2.05, 4.69) is 0 Å². The number of rotatable bonds is 7. The van der Waals surface area contributed by atoms with Crippen molar-refractivity contribution in [1.82, 2.24) is 9.80 Å². The van der Waals surface area contributed by atoms with Gasteiger partial charge in [-0.2, -0.15) is 0 Å². The molecule has 0 saturated carbocycles. The molecule has 0 saturated heterocycles. The lowest BCUT2D eigenvalue weighted by atomic mass is 9.93. The molecule has 1 aliphatic heterocycles. The van der Waals surface area contributed by atoms with Gasteiger partial charge in [0.15, 0.2) is 0 Å². The Kier molecular flexibility index (Phi) is 7.43. The number of amides is 2. The Morgan fingerprint density at radius 2 is 1.86 bits per heavy atom. The van der Waals surface area contributed by atoms with E-state index in [0.29, 0.717) is 6.54 Å². The number of hydrogen-bond acceptors (Lipinski definition) is 4. The third-order valence-electron chi connectivity index (χ3n) is 5.24. The fourth-order valence-corrected chi connectivity index (χ4v) is 3.51. The number of carbonyl (C=O) groups is 3. The monoisotopic (exact) mass is 390 g/mol. The number of fused-ring (bicyclic) bond motifs is 1. The summed E-state index contributed by atoms with van der Waals surface area (Å²) in [6.45, 7) is 8.52. The van der Waals surface area contributed by atoms with Gasteiger partial charge in [0.2, 0.25) is 0 Å². The van der Waals surface area contributed by atoms with E-state index in [1.807, 2.05) is 45.0 Å². The van der Waals surface area contributed by atoms with Crippen molar-refractivity contribution in [2.45, 2.75) is 46.7 Å². The summed E-state index contributed by atoms with van der Waals surface area (Å²) in [5.74, 6) is -1.81. The topological polar surface area (TPSA) is 87.2 Å². The summed E-state index contributed by atoms with van der Waals surface area (Å²) in [6, 6.07) is 6.30. The van der Waals surface area contributed by atoms with E-state index >= 15 is 0 Å². The van der Waals surface area contributed by atoms with Crippen LogP contribution >= 0.6 is 0 Å². The summed E-state index contributed by atoms with van der Waals surface area (Å²) in [7, 11) is 0. The summed E-state index contributed by atoms with van der Waals surface area (Å²) in [6.07, 6.45) is 0.278. The van der Waals surface area contributed by atoms with Crippen LogP contribution in [0.3, 0.4) is 0 Å². The van der Waals surface area contributed by atoms with Gasteiger partial charge >= 0.3 is 18.0 Å². The van der Waals surface area contributed by atoms with Crippen molar-refractivity contribution in [3.05, 3.63) is 35.4 Å². The van der Waals surface area contributed by atoms with Crippen LogP contribution in [0.4, 0.5) is 4.79 Å². The first-order valence-electron chi connectivity index (χ1n) is 9.81. The zero-order valence-corrected chi connectivity index (χ0v) is 17.1. The predicted molar refractivity (Wildman–Crippen MR) is 105 cm³/mol. The summed E-state index contributed by atoms with van der Waals surface area (Å²) in [5.41, 5.74) is 1.91. The number of ether oxygens (including phenoxy) is 1. The molecule has 1 aromatic carbocycles. The first-order valence-corrected chi connectivity index (χ1v) is 9.81. The maximum atomic E-state index is 13.2. The zero-order chi connectivity index (χ0) is 20.8. The van der Waals surface area contributed by atoms with Crippen LogP contribution in [0.1, 0.15) is 38.8 Å². The lowest BCUT2D eigenvalue weighted by Gasteiger charge is -2.38. The van der Waals surface area contributed by atoms with Crippen LogP contribution in [0.5, 0.6) is 0 Å². The SMILES string of the molecule is CCOC(=O)[C@@H](CN(CC)C(=O)N1Cc2ccccc2C[C@H]1C(=O)O)C(C)C. The third kappa shape index (κ3) is 4.82. The fourth-order valence-electron chi connectivity index (χ4n) is 3.51. The Morgan fingerprint density at radius 3 is 2.39 bits per heavy atom. The first kappa shape index (κ1) is 21.7. The average molecular weight is 390 g/mol. The Hall–Kier alpha value is -2.57. The van der Waals surface area contributed by atoms with E-state index in [4.69, 9.17) is 4.74 Å². The van der Waals surface area contributed by atoms with Gasteiger partial charge in [0.25, 0.3) is 0 Å². The second-order valence-electron chi connectivity index (χ2n) is 7.38. The summed E-state index contributed by atoms with van der Waals surface area (Å²) in [4.78, 5) is 40.3. The predicted octanol–water partition coefficient (Wildman–Crippen LogP) is 2.78. The van der Waals surface area contributed by atoms with Crippen LogP contribution < -0.4 is 0 Å². The Bertz CT molecular complexity index is 719. The number of hydrogen-bond donors (Lipinski definition) is 1. The third-order valence-corrected chi connectivity index (χ3v) is 5.24. The molecule has 0 spiro atoms. The van der Waals surface area contributed by atoms with E-state index in [-0.39, 0.29) is 44.0 Å². The molecule has 2 atom stereocenters. The molecule has 154 valence electrons. The van der Waals surface area contributed by atoms with Crippen molar-refractivity contribution in [2.24, 2.45) is 11.8 Å². The maximum absolute atomic E-state index is 13.2. The standard InChI is InChI=1S/C21H30N2O5/c1-5-22(13-17(14(3)4)20(26)28-6-2)21(27)23-12-16-10-8-7-9-15(16)11-18(23)19(24)25/h7-10,14,17-18H,5-6,11-13H2,1-4H3,(H,24,25)/t17-,18-/m0/s1. The number of aliphatic carboxylic acids is 1. The summed E-state index contributed by atoms with van der Waals surface area (Å²) in [5, 5.41) is 9.68. The Labute approximate surface area is 166 Å². The highest BCUT2D eigenvalue weighted by Crippen LogP contribution is 2.25. The molecule has 7 heteroatoms. The largest absolute Gasteiger partial charge is 0.480 e. The van der Waals surface area contributed by atoms with Crippen molar-refractivity contribution in [3.63, 3.8) is 0 Å². The van der Waals surface area contributed by atoms with E-state index in [1.54, 1.807) is 11.8 Å². The van der Waals surface area contributed by atoms with Gasteiger partial charge in [-0.1, -0.05) is 38.1 Å². The molecule has 1 N–H and O–H groups in total. The smallest absolute Gasteiger partial charge is 0.326 e. The minimum atomic E-state index is -1.02. The van der Waals surface area contributed by atoms with Crippen molar-refractivity contribution in [3.8, 4) is 0 Å². The minimum absolute atomic E-state index is 0.00162. The Balaban J connectivity index is 2.24. The number of carboxylic acid groups (broad SMARTS) is 1. The summed E-state index contributed by atoms with van der Waals surface area (Å²) >= 11 is 0. The quantitative estimate of drug-likeness (QED) is 0.724. The number of esters is 1. The van der Waals surface area contributed by atoms with Crippen molar-refractivity contribution in [2.75, 3.05) is 19.7 Å². The van der Waals surface area contributed by atoms with E-state index in [9.17, 15) is 19.5 Å². The first-order chi connectivity index (χ1) is 13.3. The number of urea groups is 1. The van der Waals surface area contributed by atoms with Gasteiger partial charge in [-0.05, 0) is 30.9 Å². The number of nitrogens with zero attached hydrogens (tertiary/aromatic N) is 2. The highest BCUT2D eigenvalue weighted by molar-refractivity contribution is 5.84. The van der Waals surface area contributed by atoms with Crippen molar-refractivity contribution >= 4 is 18.0 Å². The maximum Gasteiger partial charge on any atom is 0.326 e. The van der Waals surface area contributed by atoms with Crippen LogP contribution in [0, 0.1) is 11.8 Å². The van der Waals surface area contributed by atoms with Crippen LogP contribution in [-0.4, -0.2) is 58.6 Å². The second-order valence-corrected chi connectivity index (χ2v) is 7.38. The zero-order valence-electron chi connectivity index (χ0n) is 17.1. The van der Waals surface area contributed by atoms with Gasteiger partial charge in [0.1, 0.15) is 6.04 Å². The molecule has 7 nitrogen and oxygen atoms in total. The normalized spacial score (nSPS) is 17.0. The van der Waals surface area contributed by atoms with Gasteiger partial charge in [-0.3, -0.25) is 4.79 Å². The Morgan fingerprint density at radius 1 is 1.21 bits per heavy atom. The molecular weight excluding hydrogens is 360 g/mol. The molecule has 2 amide bonds. The van der Waals surface area contributed by atoms with Crippen molar-refractivity contribution in [1.29, 1.82) is 0 Å². The molecule has 0 unspecified atom stereocenters. The van der Waals surface area contributed by atoms with Crippen LogP contribution in [0.2, 0.25) is 0 Å². The van der Waals surface area contributed by atoms with Gasteiger partial charge < -0.3 is 19.6 Å². The molecule has 1 heterocycles. The molecule has 2 rings (SSSR count). The highest BCUT2D eigenvalue weighted by Gasteiger charge is 2.37. The fraction of sp³-hybridized carbons (Fsp3) is 0.571. The van der Waals surface area contributed by atoms with Crippen molar-refractivity contribution < 1.29 is 24.2 Å². The van der Waals surface area contributed by atoms with E-state index in [1.165, 1.54) is 4.90 Å². The second kappa shape index (κ2) is 9.57. The van der Waals surface area contributed by atoms with Crippen LogP contribution in [-0.2, 0) is 27.3 Å².